The van der Waals surface area contributed by atoms with Crippen LogP contribution in [0.25, 0.3) is 0 Å². The van der Waals surface area contributed by atoms with Crippen molar-refractivity contribution in [1.29, 1.82) is 0 Å². The van der Waals surface area contributed by atoms with E-state index < -0.39 is 0 Å². The van der Waals surface area contributed by atoms with Gasteiger partial charge in [0.2, 0.25) is 0 Å². The highest BCUT2D eigenvalue weighted by Gasteiger charge is 2.23. The Balaban J connectivity index is 0.00000300. The quantitative estimate of drug-likeness (QED) is 0.334. The lowest BCUT2D eigenvalue weighted by atomic mass is 10.3. The van der Waals surface area contributed by atoms with Crippen molar-refractivity contribution in [3.8, 4) is 0 Å². The summed E-state index contributed by atoms with van der Waals surface area (Å²) in [4.78, 5) is 12.2. The molecule has 164 valence electrons. The lowest BCUT2D eigenvalue weighted by Gasteiger charge is -2.21. The summed E-state index contributed by atoms with van der Waals surface area (Å²) in [5.41, 5.74) is 1.20. The van der Waals surface area contributed by atoms with E-state index in [-0.39, 0.29) is 24.0 Å². The van der Waals surface area contributed by atoms with Gasteiger partial charge in [0.1, 0.15) is 0 Å². The van der Waals surface area contributed by atoms with Gasteiger partial charge in [-0.1, -0.05) is 17.7 Å². The van der Waals surface area contributed by atoms with Gasteiger partial charge < -0.3 is 25.3 Å². The molecule has 29 heavy (non-hydrogen) atoms. The van der Waals surface area contributed by atoms with Crippen LogP contribution in [0, 0.1) is 0 Å². The lowest BCUT2D eigenvalue weighted by molar-refractivity contribution is 0.283. The molecule has 3 rings (SSSR count). The molecule has 1 aromatic carbocycles. The third-order valence-corrected chi connectivity index (χ3v) is 5.78. The second kappa shape index (κ2) is 12.8. The van der Waals surface area contributed by atoms with Crippen molar-refractivity contribution in [2.24, 2.45) is 4.99 Å². The van der Waals surface area contributed by atoms with E-state index >= 15 is 0 Å². The van der Waals surface area contributed by atoms with Crippen LogP contribution in [-0.4, -0.2) is 87.8 Å². The standard InChI is InChI=1S/C21H35ClN6.HI/c1-3-23-21(24-9-13-27-11-5-10-26(2)14-15-27)25-19-8-12-28(17-19)20-7-4-6-18(22)16-20;/h4,6-7,16,19H,3,5,8-15,17H2,1-2H3,(H2,23,24,25);1H. The molecule has 0 aromatic heterocycles. The summed E-state index contributed by atoms with van der Waals surface area (Å²) in [6, 6.07) is 8.52. The highest BCUT2D eigenvalue weighted by molar-refractivity contribution is 14.0. The molecular weight excluding hydrogens is 499 g/mol. The molecule has 0 spiro atoms. The molecule has 0 bridgehead atoms. The van der Waals surface area contributed by atoms with Gasteiger partial charge in [0.25, 0.3) is 0 Å². The first-order valence-corrected chi connectivity index (χ1v) is 11.0. The van der Waals surface area contributed by atoms with Crippen molar-refractivity contribution in [3.63, 3.8) is 0 Å². The second-order valence-corrected chi connectivity index (χ2v) is 8.25. The molecule has 2 saturated heterocycles. The summed E-state index contributed by atoms with van der Waals surface area (Å²) >= 11 is 6.15. The molecule has 1 aromatic rings. The van der Waals surface area contributed by atoms with Crippen molar-refractivity contribution in [2.45, 2.75) is 25.8 Å². The third-order valence-electron chi connectivity index (χ3n) is 5.54. The number of benzene rings is 1. The Morgan fingerprint density at radius 2 is 2.07 bits per heavy atom. The number of rotatable bonds is 6. The number of nitrogens with zero attached hydrogens (tertiary/aromatic N) is 4. The zero-order valence-corrected chi connectivity index (χ0v) is 20.8. The number of aliphatic imine (C=N–C) groups is 1. The van der Waals surface area contributed by atoms with E-state index in [0.717, 1.165) is 63.2 Å². The number of hydrogen-bond donors (Lipinski definition) is 2. The minimum absolute atomic E-state index is 0. The first-order chi connectivity index (χ1) is 13.6. The molecule has 0 saturated carbocycles. The van der Waals surface area contributed by atoms with Crippen LogP contribution >= 0.6 is 35.6 Å². The minimum Gasteiger partial charge on any atom is -0.369 e. The number of guanidine groups is 1. The topological polar surface area (TPSA) is 46.1 Å². The van der Waals surface area contributed by atoms with Gasteiger partial charge in [0, 0.05) is 56.0 Å². The summed E-state index contributed by atoms with van der Waals surface area (Å²) in [7, 11) is 2.21. The van der Waals surface area contributed by atoms with Crippen molar-refractivity contribution in [2.75, 3.05) is 70.9 Å². The monoisotopic (exact) mass is 534 g/mol. The number of likely N-dealkylation sites (N-methyl/N-ethyl adjacent to an activating group) is 1. The van der Waals surface area contributed by atoms with Crippen LogP contribution in [0.3, 0.4) is 0 Å². The van der Waals surface area contributed by atoms with Gasteiger partial charge in [0.15, 0.2) is 5.96 Å². The molecular formula is C21H36ClIN6. The lowest BCUT2D eigenvalue weighted by Crippen LogP contribution is -2.45. The summed E-state index contributed by atoms with van der Waals surface area (Å²) < 4.78 is 0. The predicted molar refractivity (Wildman–Crippen MR) is 135 cm³/mol. The number of nitrogens with one attached hydrogen (secondary N) is 2. The first kappa shape index (κ1) is 24.5. The van der Waals surface area contributed by atoms with Gasteiger partial charge in [-0.25, -0.2) is 0 Å². The molecule has 6 nitrogen and oxygen atoms in total. The smallest absolute Gasteiger partial charge is 0.191 e. The van der Waals surface area contributed by atoms with Gasteiger partial charge in [-0.15, -0.1) is 24.0 Å². The zero-order valence-electron chi connectivity index (χ0n) is 17.7. The fourth-order valence-electron chi connectivity index (χ4n) is 3.93. The molecule has 2 aliphatic rings. The molecule has 2 N–H and O–H groups in total. The Bertz CT molecular complexity index is 643. The van der Waals surface area contributed by atoms with Crippen LogP contribution in [0.15, 0.2) is 29.3 Å². The summed E-state index contributed by atoms with van der Waals surface area (Å²) in [6.45, 7) is 11.6. The van der Waals surface area contributed by atoms with Gasteiger partial charge in [-0.05, 0) is 58.1 Å². The van der Waals surface area contributed by atoms with Crippen LogP contribution in [0.1, 0.15) is 19.8 Å². The number of hydrogen-bond acceptors (Lipinski definition) is 4. The summed E-state index contributed by atoms with van der Waals surface area (Å²) in [5, 5.41) is 7.82. The normalized spacial score (nSPS) is 21.6. The van der Waals surface area contributed by atoms with Crippen LogP contribution in [0.5, 0.6) is 0 Å². The maximum absolute atomic E-state index is 6.15. The van der Waals surface area contributed by atoms with E-state index in [4.69, 9.17) is 16.6 Å². The van der Waals surface area contributed by atoms with E-state index in [1.54, 1.807) is 0 Å². The highest BCUT2D eigenvalue weighted by Crippen LogP contribution is 2.23. The molecule has 8 heteroatoms. The zero-order chi connectivity index (χ0) is 19.8. The predicted octanol–water partition coefficient (Wildman–Crippen LogP) is 2.73. The van der Waals surface area contributed by atoms with Crippen molar-refractivity contribution in [1.82, 2.24) is 20.4 Å². The minimum atomic E-state index is 0. The van der Waals surface area contributed by atoms with Gasteiger partial charge >= 0.3 is 0 Å². The molecule has 2 fully saturated rings. The largest absolute Gasteiger partial charge is 0.369 e. The second-order valence-electron chi connectivity index (χ2n) is 7.81. The van der Waals surface area contributed by atoms with Gasteiger partial charge in [-0.3, -0.25) is 4.99 Å². The third kappa shape index (κ3) is 8.11. The van der Waals surface area contributed by atoms with E-state index in [1.165, 1.54) is 25.2 Å². The van der Waals surface area contributed by atoms with Crippen molar-refractivity contribution in [3.05, 3.63) is 29.3 Å². The molecule has 1 atom stereocenters. The van der Waals surface area contributed by atoms with Crippen LogP contribution in [0.2, 0.25) is 5.02 Å². The fraction of sp³-hybridized carbons (Fsp3) is 0.667. The molecule has 2 aliphatic heterocycles. The average Bonchev–Trinajstić information content (AvgIpc) is 3.04. The Hall–Kier alpha value is -0.770. The molecule has 1 unspecified atom stereocenters. The number of halogens is 2. The molecule has 0 aliphatic carbocycles. The maximum Gasteiger partial charge on any atom is 0.191 e. The van der Waals surface area contributed by atoms with E-state index in [9.17, 15) is 0 Å². The van der Waals surface area contributed by atoms with Crippen LogP contribution < -0.4 is 15.5 Å². The Morgan fingerprint density at radius 1 is 1.21 bits per heavy atom. The van der Waals surface area contributed by atoms with Crippen LogP contribution in [0.4, 0.5) is 5.69 Å². The molecule has 0 radical (unpaired) electrons. The van der Waals surface area contributed by atoms with Crippen LogP contribution in [-0.2, 0) is 0 Å². The Morgan fingerprint density at radius 3 is 2.86 bits per heavy atom. The van der Waals surface area contributed by atoms with Gasteiger partial charge in [0.05, 0.1) is 6.54 Å². The maximum atomic E-state index is 6.15. The van der Waals surface area contributed by atoms with E-state index in [2.05, 4.69) is 45.4 Å². The Kier molecular flexibility index (Phi) is 10.8. The summed E-state index contributed by atoms with van der Waals surface area (Å²) in [5.74, 6) is 0.937. The SMILES string of the molecule is CCNC(=NCCN1CCCN(C)CC1)NC1CCN(c2cccc(Cl)c2)C1.I. The fourth-order valence-corrected chi connectivity index (χ4v) is 4.11. The Labute approximate surface area is 198 Å². The number of anilines is 1. The highest BCUT2D eigenvalue weighted by atomic mass is 127. The van der Waals surface area contributed by atoms with E-state index in [0.29, 0.717) is 6.04 Å². The summed E-state index contributed by atoms with van der Waals surface area (Å²) in [6.07, 6.45) is 2.36. The average molecular weight is 535 g/mol. The van der Waals surface area contributed by atoms with Crippen molar-refractivity contribution >= 4 is 47.2 Å². The first-order valence-electron chi connectivity index (χ1n) is 10.6. The van der Waals surface area contributed by atoms with E-state index in [1.807, 2.05) is 18.2 Å². The molecule has 0 amide bonds. The van der Waals surface area contributed by atoms with Crippen molar-refractivity contribution < 1.29 is 0 Å². The van der Waals surface area contributed by atoms with Gasteiger partial charge in [-0.2, -0.15) is 0 Å². The molecule has 2 heterocycles.